The Morgan fingerprint density at radius 1 is 0.441 bits per heavy atom. The average molecular weight is 890 g/mol. The van der Waals surface area contributed by atoms with Gasteiger partial charge in [-0.15, -0.1) is 0 Å². The van der Waals surface area contributed by atoms with Gasteiger partial charge in [-0.05, 0) is 152 Å². The van der Waals surface area contributed by atoms with E-state index in [0.29, 0.717) is 23.7 Å². The smallest absolute Gasteiger partial charge is 0.164 e. The third-order valence-corrected chi connectivity index (χ3v) is 14.4. The summed E-state index contributed by atoms with van der Waals surface area (Å²) in [5.74, 6) is 2.25. The van der Waals surface area contributed by atoms with Gasteiger partial charge in [-0.3, -0.25) is 4.57 Å². The summed E-state index contributed by atoms with van der Waals surface area (Å²) >= 11 is 0. The summed E-state index contributed by atoms with van der Waals surface area (Å²) in [6.07, 6.45) is 1.73. The molecule has 1 N–H and O–H groups in total. The summed E-state index contributed by atoms with van der Waals surface area (Å²) in [5.41, 5.74) is 25.1. The van der Waals surface area contributed by atoms with Gasteiger partial charge >= 0.3 is 0 Å². The van der Waals surface area contributed by atoms with Gasteiger partial charge in [0.1, 0.15) is 11.4 Å². The van der Waals surface area contributed by atoms with Crippen LogP contribution in [0.15, 0.2) is 146 Å². The molecule has 0 radical (unpaired) electrons. The van der Waals surface area contributed by atoms with E-state index in [2.05, 4.69) is 207 Å². The molecule has 340 valence electrons. The standard InChI is InChI=1S/C64H63N3O/c1-37(2)46-24-16-25-47(38(3)4)58(46)50-28-18-29-51(59-48(39(5)6)26-17-27-49(59)40(7)8)60(50)52-34-36-54-62(56(52)43-21-12-11-13-22-43)66-64(67(54)63-41(9)19-14-20-42(63)10)53-35-33-45-32-31-44-23-15-30-55(68)57(44)61(45)65-53/h11-30,33-40,68H,31-32H2,1-10H3. The predicted molar refractivity (Wildman–Crippen MR) is 286 cm³/mol. The van der Waals surface area contributed by atoms with Crippen LogP contribution in [0.3, 0.4) is 0 Å². The summed E-state index contributed by atoms with van der Waals surface area (Å²) in [6.45, 7) is 23.0. The molecular weight excluding hydrogens is 827 g/mol. The highest BCUT2D eigenvalue weighted by molar-refractivity contribution is 6.09. The second-order valence-corrected chi connectivity index (χ2v) is 20.2. The highest BCUT2D eigenvalue weighted by Crippen LogP contribution is 2.52. The molecule has 68 heavy (non-hydrogen) atoms. The Labute approximate surface area is 403 Å². The third kappa shape index (κ3) is 7.55. The zero-order chi connectivity index (χ0) is 47.5. The topological polar surface area (TPSA) is 50.9 Å². The molecule has 7 aromatic carbocycles. The maximum absolute atomic E-state index is 11.3. The van der Waals surface area contributed by atoms with E-state index in [1.807, 2.05) is 6.07 Å². The molecule has 0 aliphatic heterocycles. The molecule has 0 unspecified atom stereocenters. The molecular formula is C64H63N3O. The lowest BCUT2D eigenvalue weighted by Crippen LogP contribution is -2.08. The summed E-state index contributed by atoms with van der Waals surface area (Å²) in [4.78, 5) is 11.3. The lowest BCUT2D eigenvalue weighted by atomic mass is 9.76. The van der Waals surface area contributed by atoms with Gasteiger partial charge in [0.05, 0.1) is 22.4 Å². The fraction of sp³-hybridized carbons (Fsp3) is 0.250. The van der Waals surface area contributed by atoms with Crippen LogP contribution in [-0.4, -0.2) is 19.6 Å². The summed E-state index contributed by atoms with van der Waals surface area (Å²) in [6, 6.07) is 53.2. The van der Waals surface area contributed by atoms with Crippen molar-refractivity contribution in [1.82, 2.24) is 14.5 Å². The monoisotopic (exact) mass is 889 g/mol. The third-order valence-electron chi connectivity index (χ3n) is 14.4. The summed E-state index contributed by atoms with van der Waals surface area (Å²) in [7, 11) is 0. The largest absolute Gasteiger partial charge is 0.507 e. The van der Waals surface area contributed by atoms with Crippen LogP contribution in [0, 0.1) is 13.8 Å². The van der Waals surface area contributed by atoms with Gasteiger partial charge in [0, 0.05) is 11.1 Å². The fourth-order valence-corrected chi connectivity index (χ4v) is 11.2. The number of aromatic hydroxyl groups is 1. The van der Waals surface area contributed by atoms with Crippen LogP contribution in [0.2, 0.25) is 0 Å². The molecule has 10 rings (SSSR count). The molecule has 0 bridgehead atoms. The van der Waals surface area contributed by atoms with Crippen LogP contribution in [0.5, 0.6) is 5.75 Å². The van der Waals surface area contributed by atoms with Crippen molar-refractivity contribution in [2.75, 3.05) is 0 Å². The molecule has 2 heterocycles. The molecule has 0 saturated carbocycles. The molecule has 4 heteroatoms. The number of aryl methyl sites for hydroxylation is 4. The second-order valence-electron chi connectivity index (χ2n) is 20.2. The Kier molecular flexibility index (Phi) is 11.8. The normalized spacial score (nSPS) is 12.4. The van der Waals surface area contributed by atoms with E-state index >= 15 is 0 Å². The van der Waals surface area contributed by atoms with Crippen molar-refractivity contribution in [3.8, 4) is 78.7 Å². The molecule has 0 saturated heterocycles. The quantitative estimate of drug-likeness (QED) is 0.149. The van der Waals surface area contributed by atoms with Crippen LogP contribution >= 0.6 is 0 Å². The summed E-state index contributed by atoms with van der Waals surface area (Å²) < 4.78 is 2.35. The van der Waals surface area contributed by atoms with Gasteiger partial charge in [0.2, 0.25) is 0 Å². The zero-order valence-electron chi connectivity index (χ0n) is 41.4. The zero-order valence-corrected chi connectivity index (χ0v) is 41.4. The number of hydrogen-bond acceptors (Lipinski definition) is 3. The maximum Gasteiger partial charge on any atom is 0.164 e. The Balaban J connectivity index is 1.39. The fourth-order valence-electron chi connectivity index (χ4n) is 11.2. The first kappa shape index (κ1) is 44.8. The Morgan fingerprint density at radius 2 is 0.956 bits per heavy atom. The Bertz CT molecular complexity index is 3230. The first-order valence-electron chi connectivity index (χ1n) is 24.7. The minimum atomic E-state index is 0.265. The number of fused-ring (bicyclic) bond motifs is 4. The van der Waals surface area contributed by atoms with Gasteiger partial charge in [0.25, 0.3) is 0 Å². The van der Waals surface area contributed by atoms with Crippen molar-refractivity contribution in [2.45, 2.75) is 106 Å². The molecule has 9 aromatic rings. The number of hydrogen-bond donors (Lipinski definition) is 1. The van der Waals surface area contributed by atoms with Crippen LogP contribution in [0.25, 0.3) is 84.0 Å². The first-order valence-corrected chi connectivity index (χ1v) is 24.7. The lowest BCUT2D eigenvalue weighted by Gasteiger charge is -2.27. The van der Waals surface area contributed by atoms with Crippen LogP contribution in [0.4, 0.5) is 0 Å². The van der Waals surface area contributed by atoms with E-state index in [1.165, 1.54) is 50.1 Å². The SMILES string of the molecule is Cc1cccc(C)c1-n1c(-c2ccc3c(n2)-c2c(O)cccc2CC3)nc2c(-c3ccccc3)c(-c3c(-c4c(C(C)C)cccc4C(C)C)cccc3-c3c(C(C)C)cccc3C(C)C)ccc21. The van der Waals surface area contributed by atoms with Gasteiger partial charge < -0.3 is 5.11 Å². The predicted octanol–water partition coefficient (Wildman–Crippen LogP) is 17.3. The molecule has 0 amide bonds. The number of benzene rings is 7. The van der Waals surface area contributed by atoms with Crippen molar-refractivity contribution in [1.29, 1.82) is 0 Å². The number of phenolic OH excluding ortho intramolecular Hbond substituents is 1. The average Bonchev–Trinajstić information content (AvgIpc) is 3.71. The molecule has 0 atom stereocenters. The first-order chi connectivity index (χ1) is 32.8. The van der Waals surface area contributed by atoms with Crippen molar-refractivity contribution < 1.29 is 5.11 Å². The lowest BCUT2D eigenvalue weighted by molar-refractivity contribution is 0.476. The van der Waals surface area contributed by atoms with E-state index < -0.39 is 0 Å². The highest BCUT2D eigenvalue weighted by atomic mass is 16.3. The summed E-state index contributed by atoms with van der Waals surface area (Å²) in [5, 5.41) is 11.3. The minimum Gasteiger partial charge on any atom is -0.507 e. The van der Waals surface area contributed by atoms with Crippen LogP contribution < -0.4 is 0 Å². The molecule has 4 nitrogen and oxygen atoms in total. The number of imidazole rings is 1. The Morgan fingerprint density at radius 3 is 1.53 bits per heavy atom. The van der Waals surface area contributed by atoms with Crippen LogP contribution in [-0.2, 0) is 12.8 Å². The van der Waals surface area contributed by atoms with Gasteiger partial charge in [-0.1, -0.05) is 183 Å². The van der Waals surface area contributed by atoms with E-state index in [9.17, 15) is 5.11 Å². The van der Waals surface area contributed by atoms with Crippen molar-refractivity contribution >= 4 is 11.0 Å². The maximum atomic E-state index is 11.3. The van der Waals surface area contributed by atoms with Crippen LogP contribution in [0.1, 0.15) is 124 Å². The number of rotatable bonds is 10. The van der Waals surface area contributed by atoms with E-state index in [0.717, 1.165) is 91.3 Å². The number of aromatic nitrogens is 3. The molecule has 0 spiro atoms. The molecule has 0 fully saturated rings. The molecule has 2 aromatic heterocycles. The van der Waals surface area contributed by atoms with E-state index in [4.69, 9.17) is 9.97 Å². The number of nitrogens with zero attached hydrogens (tertiary/aromatic N) is 3. The van der Waals surface area contributed by atoms with Crippen molar-refractivity contribution in [3.05, 3.63) is 190 Å². The van der Waals surface area contributed by atoms with Gasteiger partial charge in [0.15, 0.2) is 5.82 Å². The van der Waals surface area contributed by atoms with Gasteiger partial charge in [-0.25, -0.2) is 9.97 Å². The second kappa shape index (κ2) is 17.9. The molecule has 1 aliphatic rings. The van der Waals surface area contributed by atoms with Gasteiger partial charge in [-0.2, -0.15) is 0 Å². The molecule has 1 aliphatic carbocycles. The van der Waals surface area contributed by atoms with Crippen molar-refractivity contribution in [2.24, 2.45) is 0 Å². The number of phenols is 1. The van der Waals surface area contributed by atoms with Crippen molar-refractivity contribution in [3.63, 3.8) is 0 Å². The highest BCUT2D eigenvalue weighted by Gasteiger charge is 2.30. The number of para-hydroxylation sites is 1. The van der Waals surface area contributed by atoms with E-state index in [1.54, 1.807) is 6.07 Å². The van der Waals surface area contributed by atoms with E-state index in [-0.39, 0.29) is 5.75 Å². The Hall–Kier alpha value is -7.04. The number of pyridine rings is 1. The minimum absolute atomic E-state index is 0.265.